The predicted molar refractivity (Wildman–Crippen MR) is 76.7 cm³/mol. The first kappa shape index (κ1) is 13.8. The molecule has 0 unspecified atom stereocenters. The number of aromatic nitrogens is 1. The number of nitrogens with one attached hydrogen (secondary N) is 1. The van der Waals surface area contributed by atoms with Gasteiger partial charge in [-0.2, -0.15) is 0 Å². The number of hydrogen-bond acceptors (Lipinski definition) is 2. The first-order valence-electron chi connectivity index (χ1n) is 5.79. The number of nitrogens with zero attached hydrogens (tertiary/aromatic N) is 1. The third-order valence-electron chi connectivity index (χ3n) is 2.63. The third kappa shape index (κ3) is 3.94. The summed E-state index contributed by atoms with van der Waals surface area (Å²) in [7, 11) is 0. The number of carbonyl (C=O) groups excluding carboxylic acids is 1. The molecule has 0 aliphatic rings. The van der Waals surface area contributed by atoms with Crippen LogP contribution in [0.3, 0.4) is 0 Å². The molecule has 1 amide bonds. The van der Waals surface area contributed by atoms with Crippen LogP contribution in [-0.4, -0.2) is 17.4 Å². The molecule has 19 heavy (non-hydrogen) atoms. The number of pyridine rings is 1. The van der Waals surface area contributed by atoms with Crippen LogP contribution in [0.2, 0.25) is 10.0 Å². The number of hydrogen-bond donors (Lipinski definition) is 1. The van der Waals surface area contributed by atoms with Gasteiger partial charge in [0.05, 0.1) is 10.6 Å². The summed E-state index contributed by atoms with van der Waals surface area (Å²) in [5.41, 5.74) is 1.55. The van der Waals surface area contributed by atoms with Crippen LogP contribution in [0.15, 0.2) is 42.7 Å². The predicted octanol–water partition coefficient (Wildman–Crippen LogP) is 3.36. The fraction of sp³-hybridized carbons (Fsp3) is 0.143. The SMILES string of the molecule is O=C(NCCc1ccc(Cl)cc1)c1ccncc1Cl. The number of carbonyl (C=O) groups is 1. The van der Waals surface area contributed by atoms with Crippen LogP contribution < -0.4 is 5.32 Å². The van der Waals surface area contributed by atoms with E-state index in [1.165, 1.54) is 6.20 Å². The number of rotatable bonds is 4. The number of benzene rings is 1. The van der Waals surface area contributed by atoms with E-state index in [1.54, 1.807) is 12.3 Å². The number of halogens is 2. The zero-order valence-electron chi connectivity index (χ0n) is 10.1. The van der Waals surface area contributed by atoms with Crippen molar-refractivity contribution in [3.63, 3.8) is 0 Å². The molecule has 2 rings (SSSR count). The molecule has 98 valence electrons. The Kier molecular flexibility index (Phi) is 4.77. The van der Waals surface area contributed by atoms with Crippen molar-refractivity contribution in [1.29, 1.82) is 0 Å². The third-order valence-corrected chi connectivity index (χ3v) is 3.18. The maximum absolute atomic E-state index is 11.9. The van der Waals surface area contributed by atoms with Crippen molar-refractivity contribution < 1.29 is 4.79 Å². The van der Waals surface area contributed by atoms with Gasteiger partial charge in [0.1, 0.15) is 0 Å². The van der Waals surface area contributed by atoms with E-state index in [4.69, 9.17) is 23.2 Å². The summed E-state index contributed by atoms with van der Waals surface area (Å²) in [5, 5.41) is 3.88. The van der Waals surface area contributed by atoms with E-state index in [0.717, 1.165) is 12.0 Å². The van der Waals surface area contributed by atoms with Crippen LogP contribution in [0.5, 0.6) is 0 Å². The first-order valence-corrected chi connectivity index (χ1v) is 6.54. The molecule has 1 aromatic carbocycles. The van der Waals surface area contributed by atoms with E-state index in [2.05, 4.69) is 10.3 Å². The van der Waals surface area contributed by atoms with Crippen LogP contribution in [0, 0.1) is 0 Å². The maximum atomic E-state index is 11.9. The smallest absolute Gasteiger partial charge is 0.252 e. The van der Waals surface area contributed by atoms with Crippen molar-refractivity contribution in [3.05, 3.63) is 63.9 Å². The van der Waals surface area contributed by atoms with Gasteiger partial charge in [-0.3, -0.25) is 9.78 Å². The van der Waals surface area contributed by atoms with E-state index < -0.39 is 0 Å². The fourth-order valence-corrected chi connectivity index (χ4v) is 1.96. The zero-order chi connectivity index (χ0) is 13.7. The largest absolute Gasteiger partial charge is 0.352 e. The molecule has 0 saturated carbocycles. The molecule has 5 heteroatoms. The Morgan fingerprint density at radius 2 is 1.89 bits per heavy atom. The second-order valence-electron chi connectivity index (χ2n) is 3.99. The first-order chi connectivity index (χ1) is 9.16. The lowest BCUT2D eigenvalue weighted by molar-refractivity contribution is 0.0954. The molecule has 0 saturated heterocycles. The molecule has 2 aromatic rings. The molecule has 0 fully saturated rings. The van der Waals surface area contributed by atoms with Gasteiger partial charge in [-0.25, -0.2) is 0 Å². The summed E-state index contributed by atoms with van der Waals surface area (Å²) in [6.07, 6.45) is 3.74. The summed E-state index contributed by atoms with van der Waals surface area (Å²) >= 11 is 11.7. The molecule has 0 atom stereocenters. The Bertz CT molecular complexity index is 570. The highest BCUT2D eigenvalue weighted by atomic mass is 35.5. The summed E-state index contributed by atoms with van der Waals surface area (Å²) < 4.78 is 0. The van der Waals surface area contributed by atoms with Gasteiger partial charge in [-0.15, -0.1) is 0 Å². The Morgan fingerprint density at radius 3 is 2.58 bits per heavy atom. The van der Waals surface area contributed by atoms with Gasteiger partial charge < -0.3 is 5.32 Å². The minimum Gasteiger partial charge on any atom is -0.352 e. The molecule has 3 nitrogen and oxygen atoms in total. The van der Waals surface area contributed by atoms with Crippen molar-refractivity contribution in [1.82, 2.24) is 10.3 Å². The lowest BCUT2D eigenvalue weighted by Gasteiger charge is -2.06. The summed E-state index contributed by atoms with van der Waals surface area (Å²) in [6, 6.07) is 9.14. The van der Waals surface area contributed by atoms with Gasteiger partial charge in [-0.05, 0) is 30.2 Å². The van der Waals surface area contributed by atoms with E-state index in [0.29, 0.717) is 22.2 Å². The maximum Gasteiger partial charge on any atom is 0.252 e. The molecule has 0 aliphatic carbocycles. The summed E-state index contributed by atoms with van der Waals surface area (Å²) in [5.74, 6) is -0.193. The summed E-state index contributed by atoms with van der Waals surface area (Å²) in [4.78, 5) is 15.7. The molecule has 0 aliphatic heterocycles. The van der Waals surface area contributed by atoms with Gasteiger partial charge in [-0.1, -0.05) is 35.3 Å². The summed E-state index contributed by atoms with van der Waals surface area (Å²) in [6.45, 7) is 0.541. The van der Waals surface area contributed by atoms with Crippen molar-refractivity contribution in [3.8, 4) is 0 Å². The average Bonchev–Trinajstić information content (AvgIpc) is 2.41. The van der Waals surface area contributed by atoms with E-state index in [-0.39, 0.29) is 5.91 Å². The lowest BCUT2D eigenvalue weighted by Crippen LogP contribution is -2.26. The lowest BCUT2D eigenvalue weighted by atomic mass is 10.1. The van der Waals surface area contributed by atoms with Crippen LogP contribution >= 0.6 is 23.2 Å². The fourth-order valence-electron chi connectivity index (χ4n) is 1.63. The minimum atomic E-state index is -0.193. The second-order valence-corrected chi connectivity index (χ2v) is 4.83. The highest BCUT2D eigenvalue weighted by Crippen LogP contribution is 2.13. The second kappa shape index (κ2) is 6.55. The van der Waals surface area contributed by atoms with Crippen LogP contribution in [-0.2, 0) is 6.42 Å². The highest BCUT2D eigenvalue weighted by molar-refractivity contribution is 6.33. The van der Waals surface area contributed by atoms with Crippen LogP contribution in [0.1, 0.15) is 15.9 Å². The molecule has 1 N–H and O–H groups in total. The van der Waals surface area contributed by atoms with E-state index in [9.17, 15) is 4.79 Å². The highest BCUT2D eigenvalue weighted by Gasteiger charge is 2.08. The molecule has 1 heterocycles. The zero-order valence-corrected chi connectivity index (χ0v) is 11.6. The standard InChI is InChI=1S/C14H12Cl2N2O/c15-11-3-1-10(2-4-11)5-8-18-14(19)12-6-7-17-9-13(12)16/h1-4,6-7,9H,5,8H2,(H,18,19). The normalized spacial score (nSPS) is 10.2. The Balaban J connectivity index is 1.88. The monoisotopic (exact) mass is 294 g/mol. The van der Waals surface area contributed by atoms with Gasteiger partial charge in [0.2, 0.25) is 0 Å². The minimum absolute atomic E-state index is 0.193. The van der Waals surface area contributed by atoms with Gasteiger partial charge in [0.15, 0.2) is 0 Å². The van der Waals surface area contributed by atoms with Gasteiger partial charge in [0.25, 0.3) is 5.91 Å². The van der Waals surface area contributed by atoms with Crippen LogP contribution in [0.4, 0.5) is 0 Å². The Hall–Kier alpha value is -1.58. The molecule has 1 aromatic heterocycles. The number of amides is 1. The molecular weight excluding hydrogens is 283 g/mol. The van der Waals surface area contributed by atoms with Crippen molar-refractivity contribution >= 4 is 29.1 Å². The topological polar surface area (TPSA) is 42.0 Å². The molecule has 0 spiro atoms. The molecular formula is C14H12Cl2N2O. The molecule has 0 bridgehead atoms. The van der Waals surface area contributed by atoms with Crippen molar-refractivity contribution in [2.75, 3.05) is 6.54 Å². The van der Waals surface area contributed by atoms with E-state index in [1.807, 2.05) is 24.3 Å². The van der Waals surface area contributed by atoms with Crippen LogP contribution in [0.25, 0.3) is 0 Å². The molecule has 0 radical (unpaired) electrons. The Labute approximate surface area is 121 Å². The Morgan fingerprint density at radius 1 is 1.16 bits per heavy atom. The van der Waals surface area contributed by atoms with Crippen molar-refractivity contribution in [2.24, 2.45) is 0 Å². The quantitative estimate of drug-likeness (QED) is 0.939. The average molecular weight is 295 g/mol. The van der Waals surface area contributed by atoms with Gasteiger partial charge in [0, 0.05) is 24.0 Å². The van der Waals surface area contributed by atoms with Gasteiger partial charge >= 0.3 is 0 Å². The van der Waals surface area contributed by atoms with E-state index >= 15 is 0 Å². The van der Waals surface area contributed by atoms with Crippen molar-refractivity contribution in [2.45, 2.75) is 6.42 Å².